The fraction of sp³-hybridized carbons (Fsp3) is 0.636. The topological polar surface area (TPSA) is 72.9 Å². The second kappa shape index (κ2) is 10.5. The van der Waals surface area contributed by atoms with E-state index in [0.717, 1.165) is 24.8 Å². The van der Waals surface area contributed by atoms with Crippen molar-refractivity contribution < 1.29 is 14.7 Å². The zero-order valence-electron chi connectivity index (χ0n) is 17.6. The van der Waals surface area contributed by atoms with Gasteiger partial charge in [-0.1, -0.05) is 52.0 Å². The van der Waals surface area contributed by atoms with E-state index in [4.69, 9.17) is 5.11 Å². The van der Waals surface area contributed by atoms with E-state index in [-0.39, 0.29) is 24.7 Å². The van der Waals surface area contributed by atoms with Gasteiger partial charge in [0.2, 0.25) is 0 Å². The highest BCUT2D eigenvalue weighted by atomic mass is 16.4. The molecular formula is C22H35N3O3. The third-order valence-electron chi connectivity index (χ3n) is 5.71. The van der Waals surface area contributed by atoms with Crippen LogP contribution in [0.1, 0.15) is 57.7 Å². The molecule has 1 aromatic rings. The van der Waals surface area contributed by atoms with Crippen LogP contribution in [0.25, 0.3) is 0 Å². The van der Waals surface area contributed by atoms with Crippen LogP contribution in [-0.4, -0.2) is 59.1 Å². The van der Waals surface area contributed by atoms with E-state index < -0.39 is 5.97 Å². The number of aryl methyl sites for hydroxylation is 1. The average molecular weight is 390 g/mol. The maximum atomic E-state index is 12.8. The van der Waals surface area contributed by atoms with Crippen LogP contribution in [0, 0.1) is 5.92 Å². The van der Waals surface area contributed by atoms with Gasteiger partial charge in [-0.25, -0.2) is 4.79 Å². The minimum absolute atomic E-state index is 0.0183. The van der Waals surface area contributed by atoms with Gasteiger partial charge >= 0.3 is 12.0 Å². The Bertz CT molecular complexity index is 637. The lowest BCUT2D eigenvalue weighted by Crippen LogP contribution is -2.51. The van der Waals surface area contributed by atoms with E-state index in [1.807, 2.05) is 16.7 Å². The van der Waals surface area contributed by atoms with E-state index in [1.54, 1.807) is 0 Å². The summed E-state index contributed by atoms with van der Waals surface area (Å²) in [6.45, 7) is 10.5. The number of hydrogen-bond acceptors (Lipinski definition) is 3. The van der Waals surface area contributed by atoms with Gasteiger partial charge in [-0.05, 0) is 42.9 Å². The smallest absolute Gasteiger partial charge is 0.317 e. The molecule has 1 fully saturated rings. The number of amides is 2. The van der Waals surface area contributed by atoms with Gasteiger partial charge < -0.3 is 15.3 Å². The number of carbonyl (C=O) groups excluding carboxylic acids is 1. The molecule has 2 N–H and O–H groups in total. The summed E-state index contributed by atoms with van der Waals surface area (Å²) in [5.41, 5.74) is 2.43. The largest absolute Gasteiger partial charge is 0.480 e. The molecule has 0 radical (unpaired) electrons. The van der Waals surface area contributed by atoms with Crippen molar-refractivity contribution in [3.63, 3.8) is 0 Å². The number of carboxylic acid groups (broad SMARTS) is 1. The molecule has 1 aliphatic heterocycles. The van der Waals surface area contributed by atoms with Crippen LogP contribution in [-0.2, 0) is 11.2 Å². The van der Waals surface area contributed by atoms with Crippen molar-refractivity contribution in [1.82, 2.24) is 15.1 Å². The second-order valence-electron chi connectivity index (χ2n) is 7.94. The summed E-state index contributed by atoms with van der Waals surface area (Å²) in [6, 6.07) is 8.66. The molecular weight excluding hydrogens is 354 g/mol. The minimum atomic E-state index is -0.795. The van der Waals surface area contributed by atoms with E-state index >= 15 is 0 Å². The molecule has 1 aliphatic rings. The summed E-state index contributed by atoms with van der Waals surface area (Å²) < 4.78 is 0. The normalized spacial score (nSPS) is 16.4. The summed E-state index contributed by atoms with van der Waals surface area (Å²) >= 11 is 0. The number of hydrogen-bond donors (Lipinski definition) is 2. The lowest BCUT2D eigenvalue weighted by atomic mass is 9.95. The quantitative estimate of drug-likeness (QED) is 0.713. The minimum Gasteiger partial charge on any atom is -0.480 e. The Kier molecular flexibility index (Phi) is 8.30. The predicted octanol–water partition coefficient (Wildman–Crippen LogP) is 3.53. The van der Waals surface area contributed by atoms with E-state index in [9.17, 15) is 9.59 Å². The highest BCUT2D eigenvalue weighted by Crippen LogP contribution is 2.23. The Morgan fingerprint density at radius 1 is 1.18 bits per heavy atom. The first-order chi connectivity index (χ1) is 13.3. The van der Waals surface area contributed by atoms with Crippen molar-refractivity contribution >= 4 is 12.0 Å². The number of nitrogens with one attached hydrogen (secondary N) is 1. The molecule has 28 heavy (non-hydrogen) atoms. The standard InChI is InChI=1S/C22H35N3O3/c1-5-17-7-9-18(10-8-17)21(16(3)4)23-22(28)25-13-11-19(12-14-25)24(6-2)15-20(26)27/h7-10,16,19,21H,5-6,11-15H2,1-4H3,(H,23,28)(H,26,27). The van der Waals surface area contributed by atoms with Gasteiger partial charge in [0.1, 0.15) is 0 Å². The van der Waals surface area contributed by atoms with Crippen molar-refractivity contribution in [2.45, 2.75) is 59.0 Å². The third kappa shape index (κ3) is 5.96. The number of piperidine rings is 1. The molecule has 2 rings (SSSR count). The molecule has 6 nitrogen and oxygen atoms in total. The number of urea groups is 1. The molecule has 0 spiro atoms. The fourth-order valence-corrected chi connectivity index (χ4v) is 3.93. The van der Waals surface area contributed by atoms with E-state index in [1.165, 1.54) is 5.56 Å². The number of nitrogens with zero attached hydrogens (tertiary/aromatic N) is 2. The predicted molar refractivity (Wildman–Crippen MR) is 111 cm³/mol. The molecule has 0 saturated carbocycles. The average Bonchev–Trinajstić information content (AvgIpc) is 2.70. The summed E-state index contributed by atoms with van der Waals surface area (Å²) in [4.78, 5) is 27.7. The van der Waals surface area contributed by atoms with Gasteiger partial charge in [-0.15, -0.1) is 0 Å². The first-order valence-corrected chi connectivity index (χ1v) is 10.5. The fourth-order valence-electron chi connectivity index (χ4n) is 3.93. The molecule has 1 heterocycles. The second-order valence-corrected chi connectivity index (χ2v) is 7.94. The third-order valence-corrected chi connectivity index (χ3v) is 5.71. The summed E-state index contributed by atoms with van der Waals surface area (Å²) in [5, 5.41) is 12.3. The van der Waals surface area contributed by atoms with Crippen LogP contribution >= 0.6 is 0 Å². The highest BCUT2D eigenvalue weighted by molar-refractivity contribution is 5.75. The number of likely N-dealkylation sites (N-methyl/N-ethyl adjacent to an activating group) is 1. The first-order valence-electron chi connectivity index (χ1n) is 10.5. The van der Waals surface area contributed by atoms with E-state index in [2.05, 4.69) is 50.4 Å². The Balaban J connectivity index is 1.94. The number of aliphatic carboxylic acids is 1. The van der Waals surface area contributed by atoms with Crippen LogP contribution < -0.4 is 5.32 Å². The van der Waals surface area contributed by atoms with Gasteiger partial charge in [-0.2, -0.15) is 0 Å². The van der Waals surface area contributed by atoms with Gasteiger partial charge in [-0.3, -0.25) is 9.69 Å². The number of benzene rings is 1. The van der Waals surface area contributed by atoms with Crippen molar-refractivity contribution in [2.75, 3.05) is 26.2 Å². The van der Waals surface area contributed by atoms with Gasteiger partial charge in [0, 0.05) is 19.1 Å². The maximum Gasteiger partial charge on any atom is 0.317 e. The van der Waals surface area contributed by atoms with Crippen LogP contribution in [0.2, 0.25) is 0 Å². The summed E-state index contributed by atoms with van der Waals surface area (Å²) in [5.74, 6) is -0.504. The molecule has 0 aromatic heterocycles. The Morgan fingerprint density at radius 3 is 2.25 bits per heavy atom. The number of carbonyl (C=O) groups is 2. The SMILES string of the molecule is CCc1ccc(C(NC(=O)N2CCC(N(CC)CC(=O)O)CC2)C(C)C)cc1. The van der Waals surface area contributed by atoms with Crippen molar-refractivity contribution in [2.24, 2.45) is 5.92 Å². The highest BCUT2D eigenvalue weighted by Gasteiger charge is 2.28. The van der Waals surface area contributed by atoms with Crippen LogP contribution in [0.3, 0.4) is 0 Å². The van der Waals surface area contributed by atoms with Gasteiger partial charge in [0.25, 0.3) is 0 Å². The first kappa shape index (κ1) is 22.2. The molecule has 0 bridgehead atoms. The zero-order chi connectivity index (χ0) is 20.7. The van der Waals surface area contributed by atoms with Crippen molar-refractivity contribution in [1.29, 1.82) is 0 Å². The molecule has 0 aliphatic carbocycles. The van der Waals surface area contributed by atoms with Crippen LogP contribution in [0.15, 0.2) is 24.3 Å². The Labute approximate surface area is 168 Å². The Morgan fingerprint density at radius 2 is 1.79 bits per heavy atom. The van der Waals surface area contributed by atoms with Crippen molar-refractivity contribution in [3.05, 3.63) is 35.4 Å². The van der Waals surface area contributed by atoms with Gasteiger partial charge in [0.15, 0.2) is 0 Å². The lowest BCUT2D eigenvalue weighted by molar-refractivity contribution is -0.139. The molecule has 1 atom stereocenters. The summed E-state index contributed by atoms with van der Waals surface area (Å²) in [6.07, 6.45) is 2.63. The molecule has 1 unspecified atom stereocenters. The molecule has 6 heteroatoms. The van der Waals surface area contributed by atoms with Gasteiger partial charge in [0.05, 0.1) is 12.6 Å². The molecule has 1 saturated heterocycles. The van der Waals surface area contributed by atoms with Crippen LogP contribution in [0.4, 0.5) is 4.79 Å². The molecule has 156 valence electrons. The Hall–Kier alpha value is -2.08. The van der Waals surface area contributed by atoms with Crippen molar-refractivity contribution in [3.8, 4) is 0 Å². The van der Waals surface area contributed by atoms with E-state index in [0.29, 0.717) is 25.6 Å². The monoisotopic (exact) mass is 389 g/mol. The lowest BCUT2D eigenvalue weighted by Gasteiger charge is -2.38. The molecule has 1 aromatic carbocycles. The maximum absolute atomic E-state index is 12.8. The molecule has 2 amide bonds. The van der Waals surface area contributed by atoms with Crippen LogP contribution in [0.5, 0.6) is 0 Å². The number of likely N-dealkylation sites (tertiary alicyclic amines) is 1. The number of carboxylic acids is 1. The summed E-state index contributed by atoms with van der Waals surface area (Å²) in [7, 11) is 0. The zero-order valence-corrected chi connectivity index (χ0v) is 17.6. The number of rotatable bonds is 8.